The second-order valence-electron chi connectivity index (χ2n) is 8.51. The van der Waals surface area contributed by atoms with Crippen molar-refractivity contribution < 1.29 is 9.84 Å². The summed E-state index contributed by atoms with van der Waals surface area (Å²) in [5.74, 6) is 0.645. The van der Waals surface area contributed by atoms with Gasteiger partial charge in [-0.25, -0.2) is 0 Å². The van der Waals surface area contributed by atoms with Crippen molar-refractivity contribution in [2.45, 2.75) is 57.6 Å². The topological polar surface area (TPSA) is 107 Å². The minimum atomic E-state index is -0.726. The highest BCUT2D eigenvalue weighted by molar-refractivity contribution is 7.09. The van der Waals surface area contributed by atoms with Crippen LogP contribution in [0.2, 0.25) is 0 Å². The van der Waals surface area contributed by atoms with Crippen LogP contribution in [0.15, 0.2) is 34.4 Å². The third-order valence-corrected chi connectivity index (χ3v) is 6.58. The van der Waals surface area contributed by atoms with Gasteiger partial charge in [-0.1, -0.05) is 20.8 Å². The molecule has 1 N–H and O–H groups in total. The Balaban J connectivity index is 2.17. The van der Waals surface area contributed by atoms with E-state index in [1.54, 1.807) is 24.4 Å². The van der Waals surface area contributed by atoms with Gasteiger partial charge in [0.1, 0.15) is 5.75 Å². The first-order valence-electron chi connectivity index (χ1n) is 9.72. The molecule has 0 amide bonds. The lowest BCUT2D eigenvalue weighted by atomic mass is 9.80. The third kappa shape index (κ3) is 4.62. The van der Waals surface area contributed by atoms with Crippen LogP contribution in [0.3, 0.4) is 0 Å². The van der Waals surface area contributed by atoms with E-state index in [2.05, 4.69) is 36.8 Å². The molecule has 7 nitrogen and oxygen atoms in total. The van der Waals surface area contributed by atoms with Crippen LogP contribution in [-0.2, 0) is 12.0 Å². The van der Waals surface area contributed by atoms with Gasteiger partial charge in [0.2, 0.25) is 6.19 Å². The zero-order valence-corrected chi connectivity index (χ0v) is 18.5. The highest BCUT2D eigenvalue weighted by atomic mass is 32.1. The molecule has 0 spiro atoms. The van der Waals surface area contributed by atoms with Crippen molar-refractivity contribution in [3.05, 3.63) is 45.2 Å². The predicted molar refractivity (Wildman–Crippen MR) is 115 cm³/mol. The number of aliphatic hydroxyl groups is 1. The van der Waals surface area contributed by atoms with Gasteiger partial charge in [0.15, 0.2) is 10.6 Å². The van der Waals surface area contributed by atoms with Gasteiger partial charge in [-0.2, -0.15) is 20.5 Å². The number of nitrogens with zero attached hydrogens (tertiary/aromatic N) is 5. The number of benzene rings is 1. The lowest BCUT2D eigenvalue weighted by Crippen LogP contribution is -2.42. The zero-order chi connectivity index (χ0) is 21.9. The third-order valence-electron chi connectivity index (χ3n) is 5.14. The molecule has 1 aliphatic carbocycles. The van der Waals surface area contributed by atoms with Crippen LogP contribution in [0, 0.1) is 22.8 Å². The molecular weight excluding hydrogens is 398 g/mol. The van der Waals surface area contributed by atoms with Crippen molar-refractivity contribution >= 4 is 17.2 Å². The molecule has 30 heavy (non-hydrogen) atoms. The smallest absolute Gasteiger partial charge is 0.207 e. The normalized spacial score (nSPS) is 16.5. The largest absolute Gasteiger partial charge is 0.496 e. The zero-order valence-electron chi connectivity index (χ0n) is 17.6. The molecule has 1 aliphatic rings. The molecule has 1 aromatic carbocycles. The van der Waals surface area contributed by atoms with E-state index in [9.17, 15) is 15.6 Å². The van der Waals surface area contributed by atoms with E-state index in [0.717, 1.165) is 24.1 Å². The van der Waals surface area contributed by atoms with Crippen molar-refractivity contribution in [1.29, 1.82) is 10.5 Å². The van der Waals surface area contributed by atoms with Crippen molar-refractivity contribution in [1.82, 2.24) is 4.57 Å². The number of nitriles is 2. The second-order valence-corrected chi connectivity index (χ2v) is 9.52. The molecule has 0 aliphatic heterocycles. The van der Waals surface area contributed by atoms with Crippen LogP contribution in [0.5, 0.6) is 5.75 Å². The SMILES string of the molecule is COc1ccc(C#N)cc1C(/N=c1\sc(C(C)(C)C)cn1CC1(O)CCC1)=N\C#N. The van der Waals surface area contributed by atoms with E-state index in [1.165, 1.54) is 18.4 Å². The van der Waals surface area contributed by atoms with Gasteiger partial charge in [-0.15, -0.1) is 11.3 Å². The molecule has 1 aromatic heterocycles. The number of aromatic nitrogens is 1. The Bertz CT molecular complexity index is 1120. The molecular formula is C22H25N5O2S. The fraction of sp³-hybridized carbons (Fsp3) is 0.455. The summed E-state index contributed by atoms with van der Waals surface area (Å²) >= 11 is 1.50. The van der Waals surface area contributed by atoms with Gasteiger partial charge in [0.25, 0.3) is 0 Å². The van der Waals surface area contributed by atoms with Gasteiger partial charge in [-0.05, 0) is 42.9 Å². The highest BCUT2D eigenvalue weighted by Gasteiger charge is 2.35. The average molecular weight is 424 g/mol. The maximum atomic E-state index is 10.7. The molecule has 1 fully saturated rings. The van der Waals surface area contributed by atoms with Crippen LogP contribution in [0.25, 0.3) is 0 Å². The summed E-state index contributed by atoms with van der Waals surface area (Å²) in [4.78, 5) is 10.3. The van der Waals surface area contributed by atoms with Crippen LogP contribution >= 0.6 is 11.3 Å². The first-order valence-corrected chi connectivity index (χ1v) is 10.5. The minimum Gasteiger partial charge on any atom is -0.496 e. The summed E-state index contributed by atoms with van der Waals surface area (Å²) in [5, 5.41) is 29.2. The summed E-state index contributed by atoms with van der Waals surface area (Å²) in [6.07, 6.45) is 6.36. The standard InChI is InChI=1S/C22H25N5O2S/c1-21(2,3)18-12-27(13-22(28)8-5-9-22)20(30-18)26-19(25-14-24)16-10-15(11-23)6-7-17(16)29-4/h6-7,10,12,28H,5,8-9,13H2,1-4H3/b25-19+,26-20-. The van der Waals surface area contributed by atoms with Gasteiger partial charge >= 0.3 is 0 Å². The molecule has 3 rings (SSSR count). The number of aliphatic imine (C=N–C) groups is 1. The summed E-state index contributed by atoms with van der Waals surface area (Å²) in [5.41, 5.74) is 0.0753. The Morgan fingerprint density at radius 1 is 1.33 bits per heavy atom. The van der Waals surface area contributed by atoms with E-state index in [1.807, 2.05) is 10.8 Å². The number of methoxy groups -OCH3 is 1. The van der Waals surface area contributed by atoms with E-state index in [-0.39, 0.29) is 11.3 Å². The van der Waals surface area contributed by atoms with Crippen LogP contribution in [-0.4, -0.2) is 28.2 Å². The van der Waals surface area contributed by atoms with E-state index in [0.29, 0.717) is 28.2 Å². The molecule has 0 bridgehead atoms. The molecule has 156 valence electrons. The van der Waals surface area contributed by atoms with Gasteiger partial charge in [-0.3, -0.25) is 0 Å². The summed E-state index contributed by atoms with van der Waals surface area (Å²) < 4.78 is 7.35. The highest BCUT2D eigenvalue weighted by Crippen LogP contribution is 2.34. The van der Waals surface area contributed by atoms with Crippen molar-refractivity contribution in [3.8, 4) is 18.0 Å². The van der Waals surface area contributed by atoms with Gasteiger partial charge in [0.05, 0.1) is 36.5 Å². The predicted octanol–water partition coefficient (Wildman–Crippen LogP) is 3.47. The quantitative estimate of drug-likeness (QED) is 0.461. The Labute approximate surface area is 180 Å². The molecule has 0 saturated heterocycles. The molecule has 1 saturated carbocycles. The van der Waals surface area contributed by atoms with E-state index in [4.69, 9.17) is 4.74 Å². The minimum absolute atomic E-state index is 0.0899. The Kier molecular flexibility index (Phi) is 6.12. The fourth-order valence-electron chi connectivity index (χ4n) is 3.22. The number of ether oxygens (including phenoxy) is 1. The molecule has 0 radical (unpaired) electrons. The lowest BCUT2D eigenvalue weighted by molar-refractivity contribution is -0.0478. The molecule has 0 atom stereocenters. The molecule has 8 heteroatoms. The van der Waals surface area contributed by atoms with Crippen LogP contribution in [0.4, 0.5) is 0 Å². The van der Waals surface area contributed by atoms with E-state index < -0.39 is 5.60 Å². The maximum Gasteiger partial charge on any atom is 0.207 e. The monoisotopic (exact) mass is 423 g/mol. The number of hydrogen-bond acceptors (Lipinski definition) is 6. The Morgan fingerprint density at radius 2 is 2.07 bits per heavy atom. The van der Waals surface area contributed by atoms with Gasteiger partial charge in [0, 0.05) is 11.1 Å². The fourth-order valence-corrected chi connectivity index (χ4v) is 4.27. The summed E-state index contributed by atoms with van der Waals surface area (Å²) in [7, 11) is 1.52. The molecule has 0 unspecified atom stereocenters. The van der Waals surface area contributed by atoms with Crippen molar-refractivity contribution in [2.75, 3.05) is 7.11 Å². The molecule has 1 heterocycles. The number of thiazole rings is 1. The molecule has 2 aromatic rings. The van der Waals surface area contributed by atoms with Crippen molar-refractivity contribution in [2.24, 2.45) is 9.98 Å². The second kappa shape index (κ2) is 8.43. The van der Waals surface area contributed by atoms with Crippen molar-refractivity contribution in [3.63, 3.8) is 0 Å². The summed E-state index contributed by atoms with van der Waals surface area (Å²) in [6.45, 7) is 6.80. The average Bonchev–Trinajstić information content (AvgIpc) is 3.08. The lowest BCUT2D eigenvalue weighted by Gasteiger charge is -2.36. The number of rotatable bonds is 4. The maximum absolute atomic E-state index is 10.7. The van der Waals surface area contributed by atoms with Crippen LogP contribution < -0.4 is 9.54 Å². The Morgan fingerprint density at radius 3 is 2.60 bits per heavy atom. The Hall–Kier alpha value is -2.94. The number of hydrogen-bond donors (Lipinski definition) is 1. The van der Waals surface area contributed by atoms with E-state index >= 15 is 0 Å². The summed E-state index contributed by atoms with van der Waals surface area (Å²) in [6, 6.07) is 7.01. The first kappa shape index (κ1) is 21.8. The number of amidine groups is 1. The first-order chi connectivity index (χ1) is 14.2. The van der Waals surface area contributed by atoms with Crippen LogP contribution in [0.1, 0.15) is 56.0 Å². The van der Waals surface area contributed by atoms with Gasteiger partial charge < -0.3 is 14.4 Å².